The Morgan fingerprint density at radius 3 is 2.26 bits per heavy atom. The summed E-state index contributed by atoms with van der Waals surface area (Å²) in [6.45, 7) is 5.23. The number of anilines is 1. The minimum Gasteiger partial charge on any atom is -0.507 e. The fraction of sp³-hybridized carbons (Fsp3) is 0.290. The fourth-order valence-electron chi connectivity index (χ4n) is 4.53. The molecule has 1 N–H and O–H groups in total. The summed E-state index contributed by atoms with van der Waals surface area (Å²) in [5.41, 5.74) is 3.05. The van der Waals surface area contributed by atoms with Crippen LogP contribution in [0.15, 0.2) is 78.4 Å². The van der Waals surface area contributed by atoms with E-state index < -0.39 is 17.7 Å². The number of carbonyl (C=O) groups is 2. The van der Waals surface area contributed by atoms with Gasteiger partial charge in [-0.15, -0.1) is 0 Å². The molecule has 3 aromatic carbocycles. The van der Waals surface area contributed by atoms with Gasteiger partial charge in [-0.25, -0.2) is 0 Å². The first-order chi connectivity index (χ1) is 18.3. The van der Waals surface area contributed by atoms with Crippen LogP contribution in [0.25, 0.3) is 5.76 Å². The second kappa shape index (κ2) is 11.9. The molecule has 7 heteroatoms. The molecule has 1 heterocycles. The maximum absolute atomic E-state index is 13.4. The average molecular weight is 515 g/mol. The Morgan fingerprint density at radius 2 is 1.63 bits per heavy atom. The van der Waals surface area contributed by atoms with E-state index in [1.165, 1.54) is 4.90 Å². The number of aliphatic hydroxyl groups excluding tert-OH is 1. The van der Waals surface area contributed by atoms with E-state index >= 15 is 0 Å². The van der Waals surface area contributed by atoms with Gasteiger partial charge in [0.05, 0.1) is 24.8 Å². The van der Waals surface area contributed by atoms with E-state index in [4.69, 9.17) is 9.47 Å². The first-order valence-corrected chi connectivity index (χ1v) is 12.8. The average Bonchev–Trinajstić information content (AvgIpc) is 3.17. The molecule has 1 aliphatic heterocycles. The van der Waals surface area contributed by atoms with Crippen LogP contribution in [0.3, 0.4) is 0 Å². The van der Waals surface area contributed by atoms with Gasteiger partial charge in [0.2, 0.25) is 0 Å². The van der Waals surface area contributed by atoms with Crippen molar-refractivity contribution in [2.24, 2.45) is 0 Å². The second-order valence-electron chi connectivity index (χ2n) is 9.37. The molecule has 0 spiro atoms. The number of rotatable bonds is 10. The maximum atomic E-state index is 13.4. The molecule has 0 aliphatic carbocycles. The third-order valence-corrected chi connectivity index (χ3v) is 6.43. The number of hydrogen-bond donors (Lipinski definition) is 1. The minimum absolute atomic E-state index is 0.0655. The van der Waals surface area contributed by atoms with Crippen molar-refractivity contribution in [2.45, 2.75) is 32.9 Å². The Kier molecular flexibility index (Phi) is 8.36. The first-order valence-electron chi connectivity index (χ1n) is 12.8. The van der Waals surface area contributed by atoms with Crippen LogP contribution in [-0.2, 0) is 16.1 Å². The van der Waals surface area contributed by atoms with Crippen molar-refractivity contribution in [2.75, 3.05) is 32.2 Å². The van der Waals surface area contributed by atoms with Crippen LogP contribution in [0.1, 0.15) is 43.0 Å². The normalized spacial score (nSPS) is 16.5. The van der Waals surface area contributed by atoms with Crippen molar-refractivity contribution in [1.29, 1.82) is 0 Å². The molecule has 4 rings (SSSR count). The van der Waals surface area contributed by atoms with Crippen molar-refractivity contribution in [3.05, 3.63) is 95.1 Å². The van der Waals surface area contributed by atoms with Gasteiger partial charge in [0.15, 0.2) is 0 Å². The first kappa shape index (κ1) is 26.8. The van der Waals surface area contributed by atoms with Crippen LogP contribution in [0.2, 0.25) is 0 Å². The number of aliphatic hydroxyl groups is 1. The fourth-order valence-corrected chi connectivity index (χ4v) is 4.53. The van der Waals surface area contributed by atoms with Crippen LogP contribution in [0.4, 0.5) is 5.69 Å². The summed E-state index contributed by atoms with van der Waals surface area (Å²) in [6, 6.07) is 21.3. The molecule has 1 unspecified atom stereocenters. The molecule has 1 saturated heterocycles. The lowest BCUT2D eigenvalue weighted by Gasteiger charge is -2.26. The monoisotopic (exact) mass is 514 g/mol. The third kappa shape index (κ3) is 5.67. The topological polar surface area (TPSA) is 79.3 Å². The predicted octanol–water partition coefficient (Wildman–Crippen LogP) is 5.56. The summed E-state index contributed by atoms with van der Waals surface area (Å²) < 4.78 is 11.3. The van der Waals surface area contributed by atoms with Crippen LogP contribution >= 0.6 is 0 Å². The summed E-state index contributed by atoms with van der Waals surface area (Å²) in [7, 11) is 3.89. The van der Waals surface area contributed by atoms with Crippen LogP contribution in [0, 0.1) is 0 Å². The summed E-state index contributed by atoms with van der Waals surface area (Å²) in [5.74, 6) is -0.209. The highest BCUT2D eigenvalue weighted by Gasteiger charge is 2.46. The molecule has 1 amide bonds. The Balaban J connectivity index is 1.77. The standard InChI is InChI=1S/C31H34N2O5/c1-5-18-38-25-16-12-23(13-17-25)29(34)27-28(22-10-14-24(15-11-22)32(3)4)33(31(36)30(27)35)20-21-8-7-9-26(19-21)37-6-2/h7-17,19,28,34H,5-6,18,20H2,1-4H3/b29-27-. The number of ether oxygens (including phenoxy) is 2. The zero-order valence-corrected chi connectivity index (χ0v) is 22.3. The Labute approximate surface area is 223 Å². The molecule has 1 aliphatic rings. The van der Waals surface area contributed by atoms with Crippen molar-refractivity contribution in [3.8, 4) is 11.5 Å². The van der Waals surface area contributed by atoms with Gasteiger partial charge in [-0.2, -0.15) is 0 Å². The highest BCUT2D eigenvalue weighted by molar-refractivity contribution is 6.46. The quantitative estimate of drug-likeness (QED) is 0.217. The largest absolute Gasteiger partial charge is 0.507 e. The van der Waals surface area contributed by atoms with E-state index in [0.717, 1.165) is 23.2 Å². The number of Topliss-reactive ketones (excluding diaryl/α,β-unsaturated/α-hetero) is 1. The van der Waals surface area contributed by atoms with Crippen molar-refractivity contribution in [1.82, 2.24) is 4.90 Å². The minimum atomic E-state index is -0.752. The molecule has 38 heavy (non-hydrogen) atoms. The van der Waals surface area contributed by atoms with Gasteiger partial charge >= 0.3 is 0 Å². The molecule has 0 radical (unpaired) electrons. The molecular weight excluding hydrogens is 480 g/mol. The van der Waals surface area contributed by atoms with Crippen LogP contribution < -0.4 is 14.4 Å². The van der Waals surface area contributed by atoms with Crippen LogP contribution in [0.5, 0.6) is 11.5 Å². The number of hydrogen-bond acceptors (Lipinski definition) is 6. The second-order valence-corrected chi connectivity index (χ2v) is 9.37. The molecule has 1 atom stereocenters. The van der Waals surface area contributed by atoms with Crippen molar-refractivity contribution < 1.29 is 24.2 Å². The predicted molar refractivity (Wildman–Crippen MR) is 148 cm³/mol. The highest BCUT2D eigenvalue weighted by atomic mass is 16.5. The molecule has 0 saturated carbocycles. The van der Waals surface area contributed by atoms with E-state index in [-0.39, 0.29) is 17.9 Å². The Hall–Kier alpha value is -4.26. The lowest BCUT2D eigenvalue weighted by Crippen LogP contribution is -2.29. The van der Waals surface area contributed by atoms with E-state index in [9.17, 15) is 14.7 Å². The smallest absolute Gasteiger partial charge is 0.295 e. The Morgan fingerprint density at radius 1 is 0.921 bits per heavy atom. The van der Waals surface area contributed by atoms with Gasteiger partial charge < -0.3 is 24.4 Å². The van der Waals surface area contributed by atoms with Gasteiger partial charge in [-0.1, -0.05) is 31.2 Å². The molecule has 0 bridgehead atoms. The number of amides is 1. The van der Waals surface area contributed by atoms with E-state index in [0.29, 0.717) is 30.3 Å². The summed E-state index contributed by atoms with van der Waals surface area (Å²) in [5, 5.41) is 11.4. The molecule has 198 valence electrons. The Bertz CT molecular complexity index is 1310. The molecule has 0 aromatic heterocycles. The molecule has 3 aromatic rings. The van der Waals surface area contributed by atoms with E-state index in [1.807, 2.05) is 81.4 Å². The summed E-state index contributed by atoms with van der Waals surface area (Å²) in [4.78, 5) is 30.3. The van der Waals surface area contributed by atoms with Gasteiger partial charge in [0, 0.05) is 31.9 Å². The van der Waals surface area contributed by atoms with Crippen LogP contribution in [-0.4, -0.2) is 49.0 Å². The summed E-state index contributed by atoms with van der Waals surface area (Å²) in [6.07, 6.45) is 0.880. The van der Waals surface area contributed by atoms with Gasteiger partial charge in [0.25, 0.3) is 11.7 Å². The molecule has 1 fully saturated rings. The number of benzene rings is 3. The third-order valence-electron chi connectivity index (χ3n) is 6.43. The zero-order valence-electron chi connectivity index (χ0n) is 22.3. The van der Waals surface area contributed by atoms with Gasteiger partial charge in [0.1, 0.15) is 17.3 Å². The lowest BCUT2D eigenvalue weighted by atomic mass is 9.95. The number of carbonyl (C=O) groups excluding carboxylic acids is 2. The number of ketones is 1. The number of nitrogens with zero attached hydrogens (tertiary/aromatic N) is 2. The van der Waals surface area contributed by atoms with E-state index in [1.54, 1.807) is 24.3 Å². The number of likely N-dealkylation sites (tertiary alicyclic amines) is 1. The molecule has 7 nitrogen and oxygen atoms in total. The summed E-state index contributed by atoms with van der Waals surface area (Å²) >= 11 is 0. The zero-order chi connectivity index (χ0) is 27.2. The molecular formula is C31H34N2O5. The van der Waals surface area contributed by atoms with Gasteiger partial charge in [-0.05, 0) is 73.0 Å². The van der Waals surface area contributed by atoms with Gasteiger partial charge in [-0.3, -0.25) is 9.59 Å². The maximum Gasteiger partial charge on any atom is 0.295 e. The van der Waals surface area contributed by atoms with E-state index in [2.05, 4.69) is 0 Å². The van der Waals surface area contributed by atoms with Crippen molar-refractivity contribution >= 4 is 23.1 Å². The SMILES string of the molecule is CCCOc1ccc(/C(O)=C2/C(=O)C(=O)N(Cc3cccc(OCC)c3)C2c2ccc(N(C)C)cc2)cc1. The highest BCUT2D eigenvalue weighted by Crippen LogP contribution is 2.41. The van der Waals surface area contributed by atoms with Crippen molar-refractivity contribution in [3.63, 3.8) is 0 Å². The lowest BCUT2D eigenvalue weighted by molar-refractivity contribution is -0.140.